The van der Waals surface area contributed by atoms with E-state index in [1.165, 1.54) is 30.9 Å². The van der Waals surface area contributed by atoms with Crippen LogP contribution in [0.4, 0.5) is 0 Å². The zero-order chi connectivity index (χ0) is 9.68. The van der Waals surface area contributed by atoms with Gasteiger partial charge in [-0.25, -0.2) is 0 Å². The average Bonchev–Trinajstić information content (AvgIpc) is 2.65. The van der Waals surface area contributed by atoms with E-state index in [9.17, 15) is 0 Å². The van der Waals surface area contributed by atoms with Crippen LogP contribution in [-0.4, -0.2) is 24.1 Å². The molecule has 0 radical (unpaired) electrons. The van der Waals surface area contributed by atoms with Crippen molar-refractivity contribution in [3.05, 3.63) is 0 Å². The molecule has 1 fully saturated rings. The number of thioether (sulfide) groups is 1. The summed E-state index contributed by atoms with van der Waals surface area (Å²) in [5.41, 5.74) is 0. The molecule has 1 aliphatic rings. The molecule has 0 amide bonds. The average molecular weight is 201 g/mol. The SMILES string of the molecule is CCC(C)C(C)NCC1CCSC1. The summed E-state index contributed by atoms with van der Waals surface area (Å²) >= 11 is 2.11. The lowest BCUT2D eigenvalue weighted by atomic mass is 10.00. The van der Waals surface area contributed by atoms with Crippen LogP contribution in [0, 0.1) is 11.8 Å². The van der Waals surface area contributed by atoms with Gasteiger partial charge in [0.1, 0.15) is 0 Å². The van der Waals surface area contributed by atoms with Crippen molar-refractivity contribution in [1.29, 1.82) is 0 Å². The largest absolute Gasteiger partial charge is 0.314 e. The number of hydrogen-bond donors (Lipinski definition) is 1. The Bertz CT molecular complexity index is 132. The van der Waals surface area contributed by atoms with E-state index in [1.54, 1.807) is 0 Å². The maximum Gasteiger partial charge on any atom is 0.00643 e. The summed E-state index contributed by atoms with van der Waals surface area (Å²) in [6.45, 7) is 8.16. The molecule has 1 saturated heterocycles. The third kappa shape index (κ3) is 3.90. The topological polar surface area (TPSA) is 12.0 Å². The highest BCUT2D eigenvalue weighted by Gasteiger charge is 2.17. The van der Waals surface area contributed by atoms with Gasteiger partial charge in [0.25, 0.3) is 0 Å². The van der Waals surface area contributed by atoms with Gasteiger partial charge in [-0.3, -0.25) is 0 Å². The second-order valence-corrected chi connectivity index (χ2v) is 5.46. The molecule has 0 aromatic carbocycles. The maximum absolute atomic E-state index is 3.66. The van der Waals surface area contributed by atoms with Crippen molar-refractivity contribution < 1.29 is 0 Å². The summed E-state index contributed by atoms with van der Waals surface area (Å²) in [6, 6.07) is 0.690. The van der Waals surface area contributed by atoms with E-state index in [0.717, 1.165) is 11.8 Å². The normalized spacial score (nSPS) is 27.5. The lowest BCUT2D eigenvalue weighted by Crippen LogP contribution is -2.35. The van der Waals surface area contributed by atoms with Gasteiger partial charge < -0.3 is 5.32 Å². The van der Waals surface area contributed by atoms with Crippen LogP contribution in [0.25, 0.3) is 0 Å². The second-order valence-electron chi connectivity index (χ2n) is 4.31. The highest BCUT2D eigenvalue weighted by Crippen LogP contribution is 2.22. The van der Waals surface area contributed by atoms with Crippen LogP contribution in [0.3, 0.4) is 0 Å². The van der Waals surface area contributed by atoms with Crippen molar-refractivity contribution in [2.45, 2.75) is 39.7 Å². The Kier molecular flexibility index (Phi) is 5.18. The fourth-order valence-corrected chi connectivity index (χ4v) is 2.94. The second kappa shape index (κ2) is 5.92. The van der Waals surface area contributed by atoms with E-state index in [1.807, 2.05) is 0 Å². The molecule has 1 N–H and O–H groups in total. The maximum atomic E-state index is 3.66. The number of rotatable bonds is 5. The first kappa shape index (κ1) is 11.4. The summed E-state index contributed by atoms with van der Waals surface area (Å²) in [7, 11) is 0. The van der Waals surface area contributed by atoms with Crippen molar-refractivity contribution >= 4 is 11.8 Å². The Hall–Kier alpha value is 0.310. The zero-order valence-corrected chi connectivity index (χ0v) is 9.99. The Morgan fingerprint density at radius 3 is 2.77 bits per heavy atom. The van der Waals surface area contributed by atoms with Crippen molar-refractivity contribution in [3.63, 3.8) is 0 Å². The fourth-order valence-electron chi connectivity index (χ4n) is 1.65. The molecule has 0 bridgehead atoms. The smallest absolute Gasteiger partial charge is 0.00643 e. The lowest BCUT2D eigenvalue weighted by Gasteiger charge is -2.21. The summed E-state index contributed by atoms with van der Waals surface area (Å²) in [5.74, 6) is 4.51. The first-order valence-corrected chi connectivity index (χ1v) is 6.70. The van der Waals surface area contributed by atoms with Crippen LogP contribution in [0.2, 0.25) is 0 Å². The highest BCUT2D eigenvalue weighted by molar-refractivity contribution is 7.99. The van der Waals surface area contributed by atoms with Gasteiger partial charge in [-0.2, -0.15) is 11.8 Å². The molecule has 0 spiro atoms. The molecule has 3 atom stereocenters. The Morgan fingerprint density at radius 2 is 2.23 bits per heavy atom. The van der Waals surface area contributed by atoms with Crippen LogP contribution in [0.5, 0.6) is 0 Å². The van der Waals surface area contributed by atoms with Gasteiger partial charge >= 0.3 is 0 Å². The van der Waals surface area contributed by atoms with E-state index in [0.29, 0.717) is 6.04 Å². The molecule has 0 aromatic heterocycles. The van der Waals surface area contributed by atoms with E-state index in [4.69, 9.17) is 0 Å². The Morgan fingerprint density at radius 1 is 1.46 bits per heavy atom. The van der Waals surface area contributed by atoms with Gasteiger partial charge in [-0.05, 0) is 43.2 Å². The van der Waals surface area contributed by atoms with Crippen molar-refractivity contribution in [1.82, 2.24) is 5.32 Å². The summed E-state index contributed by atoms with van der Waals surface area (Å²) in [4.78, 5) is 0. The quantitative estimate of drug-likeness (QED) is 0.734. The lowest BCUT2D eigenvalue weighted by molar-refractivity contribution is 0.367. The minimum Gasteiger partial charge on any atom is -0.314 e. The molecule has 13 heavy (non-hydrogen) atoms. The van der Waals surface area contributed by atoms with Gasteiger partial charge in [0.2, 0.25) is 0 Å². The summed E-state index contributed by atoms with van der Waals surface area (Å²) in [5, 5.41) is 3.66. The van der Waals surface area contributed by atoms with E-state index < -0.39 is 0 Å². The molecule has 3 unspecified atom stereocenters. The molecule has 1 rings (SSSR count). The molecule has 1 heterocycles. The Labute approximate surface area is 87.1 Å². The van der Waals surface area contributed by atoms with Crippen molar-refractivity contribution in [3.8, 4) is 0 Å². The van der Waals surface area contributed by atoms with Gasteiger partial charge in [0.05, 0.1) is 0 Å². The number of hydrogen-bond acceptors (Lipinski definition) is 2. The first-order chi connectivity index (χ1) is 6.24. The summed E-state index contributed by atoms with van der Waals surface area (Å²) in [6.07, 6.45) is 2.71. The van der Waals surface area contributed by atoms with Crippen LogP contribution in [-0.2, 0) is 0 Å². The van der Waals surface area contributed by atoms with E-state index in [-0.39, 0.29) is 0 Å². The summed E-state index contributed by atoms with van der Waals surface area (Å²) < 4.78 is 0. The molecule has 0 saturated carbocycles. The molecule has 1 aliphatic heterocycles. The van der Waals surface area contributed by atoms with E-state index in [2.05, 4.69) is 37.8 Å². The van der Waals surface area contributed by atoms with Gasteiger partial charge in [-0.15, -0.1) is 0 Å². The van der Waals surface area contributed by atoms with Crippen LogP contribution >= 0.6 is 11.8 Å². The van der Waals surface area contributed by atoms with E-state index >= 15 is 0 Å². The minimum absolute atomic E-state index is 0.690. The molecule has 0 aliphatic carbocycles. The molecule has 78 valence electrons. The standard InChI is InChI=1S/C11H23NS/c1-4-9(2)10(3)12-7-11-5-6-13-8-11/h9-12H,4-8H2,1-3H3. The fraction of sp³-hybridized carbons (Fsp3) is 1.00. The third-order valence-corrected chi connectivity index (χ3v) is 4.48. The van der Waals surface area contributed by atoms with Gasteiger partial charge in [-0.1, -0.05) is 20.3 Å². The zero-order valence-electron chi connectivity index (χ0n) is 9.18. The highest BCUT2D eigenvalue weighted by atomic mass is 32.2. The monoisotopic (exact) mass is 201 g/mol. The molecule has 2 heteroatoms. The van der Waals surface area contributed by atoms with Crippen molar-refractivity contribution in [2.75, 3.05) is 18.1 Å². The van der Waals surface area contributed by atoms with Crippen LogP contribution < -0.4 is 5.32 Å². The van der Waals surface area contributed by atoms with Crippen LogP contribution in [0.1, 0.15) is 33.6 Å². The molecule has 0 aromatic rings. The Balaban J connectivity index is 2.10. The molecular formula is C11H23NS. The predicted molar refractivity (Wildman–Crippen MR) is 62.4 cm³/mol. The van der Waals surface area contributed by atoms with Crippen molar-refractivity contribution in [2.24, 2.45) is 11.8 Å². The molecule has 1 nitrogen and oxygen atoms in total. The minimum atomic E-state index is 0.690. The van der Waals surface area contributed by atoms with Gasteiger partial charge in [0, 0.05) is 6.04 Å². The van der Waals surface area contributed by atoms with Crippen LogP contribution in [0.15, 0.2) is 0 Å². The predicted octanol–water partition coefficient (Wildman–Crippen LogP) is 2.76. The number of nitrogens with one attached hydrogen (secondary N) is 1. The molecular weight excluding hydrogens is 178 g/mol. The third-order valence-electron chi connectivity index (χ3n) is 3.25. The first-order valence-electron chi connectivity index (χ1n) is 5.55. The van der Waals surface area contributed by atoms with Gasteiger partial charge in [0.15, 0.2) is 0 Å².